The molecule has 150 valence electrons. The average Bonchev–Trinajstić information content (AvgIpc) is 3.18. The Labute approximate surface area is 170 Å². The van der Waals surface area contributed by atoms with Gasteiger partial charge in [0.2, 0.25) is 5.78 Å². The van der Waals surface area contributed by atoms with Gasteiger partial charge in [-0.25, -0.2) is 4.98 Å². The third-order valence-corrected chi connectivity index (χ3v) is 4.92. The molecule has 29 heavy (non-hydrogen) atoms. The minimum absolute atomic E-state index is 0.0647. The molecule has 0 aliphatic heterocycles. The van der Waals surface area contributed by atoms with Crippen LogP contribution in [0.1, 0.15) is 79.5 Å². The van der Waals surface area contributed by atoms with Crippen molar-refractivity contribution in [2.24, 2.45) is 0 Å². The number of aromatic nitrogens is 2. The molecule has 0 amide bonds. The molecule has 1 aliphatic carbocycles. The van der Waals surface area contributed by atoms with E-state index in [0.29, 0.717) is 5.69 Å². The molecule has 0 radical (unpaired) electrons. The first-order valence-corrected chi connectivity index (χ1v) is 9.60. The molecule has 6 heteroatoms. The molecular weight excluding hydrogens is 366 g/mol. The lowest BCUT2D eigenvalue weighted by Crippen LogP contribution is -2.14. The highest BCUT2D eigenvalue weighted by Gasteiger charge is 2.20. The van der Waals surface area contributed by atoms with Crippen molar-refractivity contribution < 1.29 is 14.4 Å². The number of ketones is 1. The summed E-state index contributed by atoms with van der Waals surface area (Å²) in [5.74, 6) is 0.165. The number of hydrogen-bond donors (Lipinski definition) is 1. The highest BCUT2D eigenvalue weighted by molar-refractivity contribution is 5.95. The van der Waals surface area contributed by atoms with Crippen LogP contribution in [0.25, 0.3) is 5.57 Å². The lowest BCUT2D eigenvalue weighted by atomic mass is 9.81. The number of carbonyl (C=O) groups excluding carboxylic acids is 3. The third kappa shape index (κ3) is 5.84. The van der Waals surface area contributed by atoms with Crippen LogP contribution in [0.3, 0.4) is 0 Å². The molecule has 6 nitrogen and oxygen atoms in total. The molecule has 0 atom stereocenters. The summed E-state index contributed by atoms with van der Waals surface area (Å²) in [7, 11) is 0. The number of nitriles is 1. The molecule has 1 aliphatic rings. The van der Waals surface area contributed by atoms with E-state index in [1.165, 1.54) is 35.7 Å². The summed E-state index contributed by atoms with van der Waals surface area (Å²) in [4.78, 5) is 35.7. The quantitative estimate of drug-likeness (QED) is 0.779. The van der Waals surface area contributed by atoms with Gasteiger partial charge in [0, 0.05) is 6.42 Å². The van der Waals surface area contributed by atoms with Gasteiger partial charge in [0.05, 0.1) is 6.20 Å². The van der Waals surface area contributed by atoms with E-state index in [1.54, 1.807) is 0 Å². The highest BCUT2D eigenvalue weighted by atomic mass is 16.2. The van der Waals surface area contributed by atoms with Crippen molar-refractivity contribution in [1.29, 1.82) is 5.26 Å². The molecule has 0 bridgehead atoms. The van der Waals surface area contributed by atoms with Crippen molar-refractivity contribution in [3.63, 3.8) is 0 Å². The van der Waals surface area contributed by atoms with Crippen LogP contribution >= 0.6 is 0 Å². The van der Waals surface area contributed by atoms with Crippen LogP contribution < -0.4 is 0 Å². The molecule has 1 aromatic carbocycles. The van der Waals surface area contributed by atoms with Gasteiger partial charge < -0.3 is 4.98 Å². The van der Waals surface area contributed by atoms with Gasteiger partial charge in [0.25, 0.3) is 0 Å². The van der Waals surface area contributed by atoms with Gasteiger partial charge in [-0.15, -0.1) is 0 Å². The van der Waals surface area contributed by atoms with Crippen LogP contribution in [0, 0.1) is 11.3 Å². The van der Waals surface area contributed by atoms with Gasteiger partial charge >= 0.3 is 6.15 Å². The second kappa shape index (κ2) is 9.77. The Balaban J connectivity index is 0.000000941. The number of allylic oxidation sites excluding steroid dienone is 2. The summed E-state index contributed by atoms with van der Waals surface area (Å²) in [5.41, 5.74) is 5.23. The van der Waals surface area contributed by atoms with Gasteiger partial charge in [-0.2, -0.15) is 14.9 Å². The van der Waals surface area contributed by atoms with E-state index in [1.807, 2.05) is 6.07 Å². The number of aromatic amines is 1. The fourth-order valence-electron chi connectivity index (χ4n) is 3.36. The van der Waals surface area contributed by atoms with E-state index in [2.05, 4.69) is 55.0 Å². The highest BCUT2D eigenvalue weighted by Crippen LogP contribution is 2.33. The normalized spacial score (nSPS) is 13.4. The number of Topliss-reactive ketones (excluding diaryl/α,β-unsaturated/α-hetero) is 1. The molecule has 1 N–H and O–H groups in total. The Kier molecular flexibility index (Phi) is 7.41. The number of carbonyl (C=O) groups is 1. The Morgan fingerprint density at radius 2 is 1.97 bits per heavy atom. The molecule has 1 aromatic heterocycles. The number of benzene rings is 1. The van der Waals surface area contributed by atoms with E-state index < -0.39 is 0 Å². The zero-order valence-electron chi connectivity index (χ0n) is 17.0. The van der Waals surface area contributed by atoms with Crippen LogP contribution in [0.5, 0.6) is 0 Å². The second-order valence-electron chi connectivity index (χ2n) is 8.04. The average molecular weight is 391 g/mol. The minimum Gasteiger partial charge on any atom is -0.327 e. The van der Waals surface area contributed by atoms with E-state index in [4.69, 9.17) is 14.9 Å². The molecular formula is C23H25N3O3. The predicted octanol–water partition coefficient (Wildman–Crippen LogP) is 4.38. The molecule has 0 saturated heterocycles. The summed E-state index contributed by atoms with van der Waals surface area (Å²) in [6.45, 7) is 6.62. The summed E-state index contributed by atoms with van der Waals surface area (Å²) >= 11 is 0. The lowest BCUT2D eigenvalue weighted by molar-refractivity contribution is -0.191. The zero-order chi connectivity index (χ0) is 21.4. The molecule has 2 aromatic rings. The van der Waals surface area contributed by atoms with E-state index >= 15 is 0 Å². The fourth-order valence-corrected chi connectivity index (χ4v) is 3.36. The number of rotatable bonds is 4. The van der Waals surface area contributed by atoms with Gasteiger partial charge in [0.1, 0.15) is 11.8 Å². The summed E-state index contributed by atoms with van der Waals surface area (Å²) in [6.07, 6.45) is 8.86. The maximum Gasteiger partial charge on any atom is 0.373 e. The summed E-state index contributed by atoms with van der Waals surface area (Å²) in [6, 6.07) is 8.43. The predicted molar refractivity (Wildman–Crippen MR) is 108 cm³/mol. The Hall–Kier alpha value is -3.29. The van der Waals surface area contributed by atoms with Crippen molar-refractivity contribution in [1.82, 2.24) is 9.97 Å². The van der Waals surface area contributed by atoms with Crippen molar-refractivity contribution >= 4 is 17.5 Å². The SMILES string of the molecule is CC(C)(C)c1ccc(CC(=O)c2ncc(C#N)[nH]2)c(C2=CCCCC2)c1.O=C=O. The van der Waals surface area contributed by atoms with Crippen molar-refractivity contribution in [2.75, 3.05) is 0 Å². The minimum atomic E-state index is -0.0901. The number of nitrogens with zero attached hydrogens (tertiary/aromatic N) is 2. The van der Waals surface area contributed by atoms with Crippen LogP contribution in [0.15, 0.2) is 30.5 Å². The Morgan fingerprint density at radius 3 is 2.52 bits per heavy atom. The van der Waals surface area contributed by atoms with Gasteiger partial charge in [-0.05, 0) is 53.4 Å². The fraction of sp³-hybridized carbons (Fsp3) is 0.391. The molecule has 0 fully saturated rings. The molecule has 3 rings (SSSR count). The first-order valence-electron chi connectivity index (χ1n) is 9.60. The first kappa shape index (κ1) is 22.0. The van der Waals surface area contributed by atoms with Crippen molar-refractivity contribution in [3.8, 4) is 6.07 Å². The number of hydrogen-bond acceptors (Lipinski definition) is 5. The largest absolute Gasteiger partial charge is 0.373 e. The standard InChI is InChI=1S/C22H25N3O.CO2/c1-22(2,3)17-10-9-16(19(12-17)15-7-5-4-6-8-15)11-20(26)21-24-14-18(13-23)25-21;2-1-3/h7,9-10,12,14H,4-6,8,11H2,1-3H3,(H,24,25);. The Bertz CT molecular complexity index is 982. The Morgan fingerprint density at radius 1 is 1.24 bits per heavy atom. The van der Waals surface area contributed by atoms with Crippen LogP contribution in [-0.4, -0.2) is 21.9 Å². The van der Waals surface area contributed by atoms with E-state index in [-0.39, 0.29) is 29.6 Å². The van der Waals surface area contributed by atoms with Crippen LogP contribution in [0.4, 0.5) is 0 Å². The van der Waals surface area contributed by atoms with E-state index in [0.717, 1.165) is 18.4 Å². The second-order valence-corrected chi connectivity index (χ2v) is 8.04. The maximum atomic E-state index is 12.6. The number of H-pyrrole nitrogens is 1. The van der Waals surface area contributed by atoms with E-state index in [9.17, 15) is 4.79 Å². The number of imidazole rings is 1. The number of nitrogens with one attached hydrogen (secondary N) is 1. The smallest absolute Gasteiger partial charge is 0.327 e. The third-order valence-electron chi connectivity index (χ3n) is 4.92. The lowest BCUT2D eigenvalue weighted by Gasteiger charge is -2.23. The summed E-state index contributed by atoms with van der Waals surface area (Å²) < 4.78 is 0. The van der Waals surface area contributed by atoms with Gasteiger partial charge in [-0.1, -0.05) is 45.0 Å². The monoisotopic (exact) mass is 391 g/mol. The summed E-state index contributed by atoms with van der Waals surface area (Å²) in [5, 5.41) is 8.90. The molecule has 0 unspecified atom stereocenters. The molecule has 1 heterocycles. The maximum absolute atomic E-state index is 12.6. The van der Waals surface area contributed by atoms with Gasteiger partial charge in [0.15, 0.2) is 5.82 Å². The molecule has 0 spiro atoms. The molecule has 0 saturated carbocycles. The van der Waals surface area contributed by atoms with Gasteiger partial charge in [-0.3, -0.25) is 4.79 Å². The van der Waals surface area contributed by atoms with Crippen LogP contribution in [0.2, 0.25) is 0 Å². The van der Waals surface area contributed by atoms with Crippen molar-refractivity contribution in [3.05, 3.63) is 58.7 Å². The zero-order valence-corrected chi connectivity index (χ0v) is 17.0. The van der Waals surface area contributed by atoms with Crippen LogP contribution in [-0.2, 0) is 21.4 Å². The van der Waals surface area contributed by atoms with Crippen molar-refractivity contribution in [2.45, 2.75) is 58.3 Å². The topological polar surface area (TPSA) is 104 Å². The first-order chi connectivity index (χ1) is 13.8.